The molecule has 18 heavy (non-hydrogen) atoms. The van der Waals surface area contributed by atoms with Crippen LogP contribution >= 0.6 is 11.6 Å². The van der Waals surface area contributed by atoms with E-state index >= 15 is 0 Å². The molecule has 1 nitrogen and oxygen atoms in total. The molecule has 0 aliphatic heterocycles. The number of aryl methyl sites for hydroxylation is 1. The number of hydrogen-bond donors (Lipinski definition) is 1. The van der Waals surface area contributed by atoms with Crippen LogP contribution in [0.3, 0.4) is 0 Å². The first kappa shape index (κ1) is 13.9. The second-order valence-corrected chi connectivity index (χ2v) is 5.85. The van der Waals surface area contributed by atoms with Crippen LogP contribution in [0.15, 0.2) is 6.07 Å². The van der Waals surface area contributed by atoms with Gasteiger partial charge in [-0.2, -0.15) is 0 Å². The van der Waals surface area contributed by atoms with E-state index in [4.69, 9.17) is 11.6 Å². The van der Waals surface area contributed by atoms with Gasteiger partial charge >= 0.3 is 0 Å². The monoisotopic (exact) mass is 265 g/mol. The Balaban J connectivity index is 2.44. The molecule has 1 aliphatic rings. The van der Waals surface area contributed by atoms with Crippen molar-refractivity contribution in [3.8, 4) is 0 Å². The summed E-state index contributed by atoms with van der Waals surface area (Å²) in [5.74, 6) is 0. The fraction of sp³-hybridized carbons (Fsp3) is 0.625. The zero-order chi connectivity index (χ0) is 13.1. The molecular weight excluding hydrogens is 242 g/mol. The molecule has 0 bridgehead atoms. The van der Waals surface area contributed by atoms with Crippen molar-refractivity contribution in [2.75, 3.05) is 6.54 Å². The normalized spacial score (nSPS) is 19.4. The number of nitrogens with one attached hydrogen (secondary N) is 1. The lowest BCUT2D eigenvalue weighted by Gasteiger charge is -2.23. The van der Waals surface area contributed by atoms with Crippen LogP contribution in [0.4, 0.5) is 0 Å². The molecule has 0 radical (unpaired) electrons. The van der Waals surface area contributed by atoms with E-state index in [1.807, 2.05) is 0 Å². The number of fused-ring (bicyclic) bond motifs is 1. The highest BCUT2D eigenvalue weighted by molar-refractivity contribution is 6.31. The smallest absolute Gasteiger partial charge is 0.0444 e. The highest BCUT2D eigenvalue weighted by Gasteiger charge is 2.22. The van der Waals surface area contributed by atoms with Crippen LogP contribution in [0.5, 0.6) is 0 Å². The van der Waals surface area contributed by atoms with Crippen molar-refractivity contribution in [3.63, 3.8) is 0 Å². The highest BCUT2D eigenvalue weighted by Crippen LogP contribution is 2.36. The Hall–Kier alpha value is -0.530. The molecule has 0 amide bonds. The molecular formula is C16H24ClN. The third kappa shape index (κ3) is 2.73. The average molecular weight is 266 g/mol. The van der Waals surface area contributed by atoms with Gasteiger partial charge in [-0.15, -0.1) is 0 Å². The summed E-state index contributed by atoms with van der Waals surface area (Å²) in [5.41, 5.74) is 5.64. The van der Waals surface area contributed by atoms with Gasteiger partial charge in [0.05, 0.1) is 0 Å². The van der Waals surface area contributed by atoms with Crippen LogP contribution in [0.1, 0.15) is 60.9 Å². The van der Waals surface area contributed by atoms with Gasteiger partial charge < -0.3 is 5.32 Å². The Labute approximate surface area is 116 Å². The minimum Gasteiger partial charge on any atom is -0.310 e. The van der Waals surface area contributed by atoms with Crippen molar-refractivity contribution in [3.05, 3.63) is 33.3 Å². The molecule has 1 N–H and O–H groups in total. The summed E-state index contributed by atoms with van der Waals surface area (Å²) < 4.78 is 0. The summed E-state index contributed by atoms with van der Waals surface area (Å²) in [4.78, 5) is 0. The van der Waals surface area contributed by atoms with Crippen LogP contribution in [-0.4, -0.2) is 6.54 Å². The summed E-state index contributed by atoms with van der Waals surface area (Å²) in [5, 5.41) is 4.67. The fourth-order valence-corrected chi connectivity index (χ4v) is 3.36. The molecule has 1 atom stereocenters. The first-order valence-corrected chi connectivity index (χ1v) is 7.54. The molecule has 0 aromatic heterocycles. The van der Waals surface area contributed by atoms with E-state index in [-0.39, 0.29) is 0 Å². The molecule has 1 unspecified atom stereocenters. The fourth-order valence-electron chi connectivity index (χ4n) is 3.00. The van der Waals surface area contributed by atoms with Crippen molar-refractivity contribution < 1.29 is 0 Å². The molecule has 1 aliphatic carbocycles. The molecule has 2 heteroatoms. The van der Waals surface area contributed by atoms with Crippen LogP contribution in [0.2, 0.25) is 5.02 Å². The van der Waals surface area contributed by atoms with Gasteiger partial charge in [0.2, 0.25) is 0 Å². The average Bonchev–Trinajstić information content (AvgIpc) is 2.56. The second kappa shape index (κ2) is 6.08. The largest absolute Gasteiger partial charge is 0.310 e. The van der Waals surface area contributed by atoms with Crippen LogP contribution < -0.4 is 5.32 Å². The van der Waals surface area contributed by atoms with E-state index in [1.165, 1.54) is 47.9 Å². The summed E-state index contributed by atoms with van der Waals surface area (Å²) in [7, 11) is 0. The predicted molar refractivity (Wildman–Crippen MR) is 79.5 cm³/mol. The zero-order valence-corrected chi connectivity index (χ0v) is 12.5. The summed E-state index contributed by atoms with van der Waals surface area (Å²) in [6, 6.07) is 2.64. The van der Waals surface area contributed by atoms with E-state index < -0.39 is 0 Å². The van der Waals surface area contributed by atoms with Gasteiger partial charge in [-0.3, -0.25) is 0 Å². The second-order valence-electron chi connectivity index (χ2n) is 5.45. The quantitative estimate of drug-likeness (QED) is 0.780. The molecule has 100 valence electrons. The SMILES string of the molecule is CCCNC1CCCCc2c(Cl)cc(C)c(C)c21. The van der Waals surface area contributed by atoms with E-state index in [0.29, 0.717) is 6.04 Å². The minimum absolute atomic E-state index is 0.500. The Bertz CT molecular complexity index is 426. The molecule has 0 saturated carbocycles. The lowest BCUT2D eigenvalue weighted by atomic mass is 9.91. The molecule has 0 spiro atoms. The summed E-state index contributed by atoms with van der Waals surface area (Å²) in [6.07, 6.45) is 6.13. The third-order valence-electron chi connectivity index (χ3n) is 4.11. The molecule has 1 aromatic rings. The summed E-state index contributed by atoms with van der Waals surface area (Å²) >= 11 is 6.46. The Morgan fingerprint density at radius 2 is 2.11 bits per heavy atom. The Morgan fingerprint density at radius 3 is 2.83 bits per heavy atom. The third-order valence-corrected chi connectivity index (χ3v) is 4.45. The number of rotatable bonds is 3. The standard InChI is InChI=1S/C16H24ClN/c1-4-9-18-15-8-6-5-7-13-14(17)10-11(2)12(3)16(13)15/h10,15,18H,4-9H2,1-3H3. The lowest BCUT2D eigenvalue weighted by molar-refractivity contribution is 0.488. The molecule has 0 heterocycles. The van der Waals surface area contributed by atoms with E-state index in [1.54, 1.807) is 0 Å². The lowest BCUT2D eigenvalue weighted by Crippen LogP contribution is -2.23. The van der Waals surface area contributed by atoms with Crippen molar-refractivity contribution in [2.45, 2.75) is 58.9 Å². The van der Waals surface area contributed by atoms with Crippen molar-refractivity contribution in [1.82, 2.24) is 5.32 Å². The molecule has 2 rings (SSSR count). The number of benzene rings is 1. The van der Waals surface area contributed by atoms with Gasteiger partial charge in [0, 0.05) is 11.1 Å². The van der Waals surface area contributed by atoms with Gasteiger partial charge in [-0.05, 0) is 74.4 Å². The van der Waals surface area contributed by atoms with E-state index in [9.17, 15) is 0 Å². The van der Waals surface area contributed by atoms with Crippen molar-refractivity contribution >= 4 is 11.6 Å². The van der Waals surface area contributed by atoms with E-state index in [2.05, 4.69) is 32.2 Å². The van der Waals surface area contributed by atoms with Gasteiger partial charge in [0.1, 0.15) is 0 Å². The zero-order valence-electron chi connectivity index (χ0n) is 11.8. The van der Waals surface area contributed by atoms with E-state index in [0.717, 1.165) is 18.0 Å². The maximum absolute atomic E-state index is 6.46. The van der Waals surface area contributed by atoms with Crippen molar-refractivity contribution in [2.24, 2.45) is 0 Å². The minimum atomic E-state index is 0.500. The topological polar surface area (TPSA) is 12.0 Å². The number of hydrogen-bond acceptors (Lipinski definition) is 1. The Morgan fingerprint density at radius 1 is 1.33 bits per heavy atom. The number of halogens is 1. The van der Waals surface area contributed by atoms with Crippen LogP contribution in [-0.2, 0) is 6.42 Å². The maximum atomic E-state index is 6.46. The van der Waals surface area contributed by atoms with Gasteiger partial charge in [-0.1, -0.05) is 24.9 Å². The molecule has 1 aromatic carbocycles. The van der Waals surface area contributed by atoms with Gasteiger partial charge in [0.15, 0.2) is 0 Å². The first-order chi connectivity index (χ1) is 8.65. The van der Waals surface area contributed by atoms with Crippen LogP contribution in [0, 0.1) is 13.8 Å². The molecule has 0 fully saturated rings. The summed E-state index contributed by atoms with van der Waals surface area (Å²) in [6.45, 7) is 7.73. The predicted octanol–water partition coefficient (Wildman–Crippen LogP) is 4.72. The maximum Gasteiger partial charge on any atom is 0.0444 e. The van der Waals surface area contributed by atoms with Gasteiger partial charge in [0.25, 0.3) is 0 Å². The van der Waals surface area contributed by atoms with Crippen LogP contribution in [0.25, 0.3) is 0 Å². The van der Waals surface area contributed by atoms with Crippen molar-refractivity contribution in [1.29, 1.82) is 0 Å². The highest BCUT2D eigenvalue weighted by atomic mass is 35.5. The first-order valence-electron chi connectivity index (χ1n) is 7.17. The molecule has 0 saturated heterocycles. The Kier molecular flexibility index (Phi) is 4.69. The van der Waals surface area contributed by atoms with Gasteiger partial charge in [-0.25, -0.2) is 0 Å².